The number of nitriles is 1. The lowest BCUT2D eigenvalue weighted by atomic mass is 10.00. The van der Waals surface area contributed by atoms with Crippen LogP contribution < -0.4 is 4.74 Å². The lowest BCUT2D eigenvalue weighted by Gasteiger charge is -2.18. The minimum atomic E-state index is 0.108. The second kappa shape index (κ2) is 5.11. The zero-order valence-corrected chi connectivity index (χ0v) is 11.3. The molecule has 0 amide bonds. The molecule has 0 saturated carbocycles. The van der Waals surface area contributed by atoms with E-state index in [0.29, 0.717) is 16.3 Å². The largest absolute Gasteiger partial charge is 0.484 e. The standard InChI is InChI=1S/C16H14ClNO/c17-14-9-11(10-18)5-7-16(14)19-15-8-6-12-3-1-2-4-13(12)15/h2,4-5,7,9,15H,1,3,6,8H2. The zero-order chi connectivity index (χ0) is 13.2. The van der Waals surface area contributed by atoms with E-state index in [4.69, 9.17) is 21.6 Å². The van der Waals surface area contributed by atoms with Crippen LogP contribution in [0.4, 0.5) is 0 Å². The molecule has 0 spiro atoms. The summed E-state index contributed by atoms with van der Waals surface area (Å²) in [4.78, 5) is 0. The first-order chi connectivity index (χ1) is 9.28. The van der Waals surface area contributed by atoms with Crippen LogP contribution in [0.1, 0.15) is 31.2 Å². The first-order valence-corrected chi connectivity index (χ1v) is 6.90. The van der Waals surface area contributed by atoms with Crippen molar-refractivity contribution in [3.63, 3.8) is 0 Å². The topological polar surface area (TPSA) is 33.0 Å². The van der Waals surface area contributed by atoms with Gasteiger partial charge in [-0.1, -0.05) is 29.3 Å². The van der Waals surface area contributed by atoms with Crippen molar-refractivity contribution in [3.05, 3.63) is 52.1 Å². The van der Waals surface area contributed by atoms with Gasteiger partial charge in [0.2, 0.25) is 0 Å². The van der Waals surface area contributed by atoms with Gasteiger partial charge in [-0.25, -0.2) is 0 Å². The van der Waals surface area contributed by atoms with E-state index >= 15 is 0 Å². The van der Waals surface area contributed by atoms with Gasteiger partial charge in [-0.3, -0.25) is 0 Å². The van der Waals surface area contributed by atoms with E-state index in [-0.39, 0.29) is 6.10 Å². The molecule has 0 aromatic heterocycles. The monoisotopic (exact) mass is 271 g/mol. The fraction of sp³-hybridized carbons (Fsp3) is 0.312. The van der Waals surface area contributed by atoms with E-state index < -0.39 is 0 Å². The predicted octanol–water partition coefficient (Wildman–Crippen LogP) is 4.40. The van der Waals surface area contributed by atoms with E-state index in [1.54, 1.807) is 18.2 Å². The molecule has 1 unspecified atom stereocenters. The number of hydrogen-bond donors (Lipinski definition) is 0. The highest BCUT2D eigenvalue weighted by Crippen LogP contribution is 2.37. The Morgan fingerprint density at radius 2 is 2.21 bits per heavy atom. The molecule has 2 aliphatic carbocycles. The van der Waals surface area contributed by atoms with Crippen molar-refractivity contribution < 1.29 is 4.74 Å². The third-order valence-electron chi connectivity index (χ3n) is 3.70. The third-order valence-corrected chi connectivity index (χ3v) is 4.00. The van der Waals surface area contributed by atoms with E-state index in [0.717, 1.165) is 25.7 Å². The van der Waals surface area contributed by atoms with Gasteiger partial charge < -0.3 is 4.74 Å². The van der Waals surface area contributed by atoms with Crippen LogP contribution >= 0.6 is 11.6 Å². The van der Waals surface area contributed by atoms with Crippen molar-refractivity contribution in [2.75, 3.05) is 0 Å². The third kappa shape index (κ3) is 2.39. The number of ether oxygens (including phenoxy) is 1. The molecule has 3 heteroatoms. The lowest BCUT2D eigenvalue weighted by molar-refractivity contribution is 0.241. The quantitative estimate of drug-likeness (QED) is 0.799. The Kier molecular flexibility index (Phi) is 3.31. The summed E-state index contributed by atoms with van der Waals surface area (Å²) in [5, 5.41) is 9.33. The summed E-state index contributed by atoms with van der Waals surface area (Å²) in [6, 6.07) is 7.25. The van der Waals surface area contributed by atoms with Gasteiger partial charge in [-0.15, -0.1) is 0 Å². The Morgan fingerprint density at radius 1 is 1.32 bits per heavy atom. The minimum absolute atomic E-state index is 0.108. The highest BCUT2D eigenvalue weighted by Gasteiger charge is 2.26. The molecule has 0 N–H and O–H groups in total. The molecule has 0 heterocycles. The molecule has 19 heavy (non-hydrogen) atoms. The molecule has 1 aromatic rings. The van der Waals surface area contributed by atoms with E-state index in [9.17, 15) is 0 Å². The summed E-state index contributed by atoms with van der Waals surface area (Å²) in [6.07, 6.45) is 8.95. The number of halogens is 1. The van der Waals surface area contributed by atoms with Gasteiger partial charge in [-0.2, -0.15) is 5.26 Å². The molecule has 1 atom stereocenters. The van der Waals surface area contributed by atoms with Crippen LogP contribution in [0.3, 0.4) is 0 Å². The number of hydrogen-bond acceptors (Lipinski definition) is 2. The van der Waals surface area contributed by atoms with Crippen LogP contribution in [0.2, 0.25) is 5.02 Å². The van der Waals surface area contributed by atoms with Crippen molar-refractivity contribution in [2.24, 2.45) is 0 Å². The summed E-state index contributed by atoms with van der Waals surface area (Å²) < 4.78 is 6.02. The van der Waals surface area contributed by atoms with E-state index in [2.05, 4.69) is 18.2 Å². The average molecular weight is 272 g/mol. The molecule has 1 aromatic carbocycles. The predicted molar refractivity (Wildman–Crippen MR) is 75.2 cm³/mol. The lowest BCUT2D eigenvalue weighted by Crippen LogP contribution is -2.15. The first-order valence-electron chi connectivity index (χ1n) is 6.52. The van der Waals surface area contributed by atoms with Crippen molar-refractivity contribution in [1.29, 1.82) is 5.26 Å². The highest BCUT2D eigenvalue weighted by molar-refractivity contribution is 6.32. The van der Waals surface area contributed by atoms with E-state index in [1.807, 2.05) is 0 Å². The Bertz CT molecular complexity index is 610. The minimum Gasteiger partial charge on any atom is -0.484 e. The van der Waals surface area contributed by atoms with Gasteiger partial charge in [-0.05, 0) is 49.5 Å². The molecule has 0 aliphatic heterocycles. The first kappa shape index (κ1) is 12.3. The number of allylic oxidation sites excluding steroid dienone is 2. The maximum atomic E-state index is 8.83. The van der Waals surface area contributed by atoms with Gasteiger partial charge in [0, 0.05) is 0 Å². The van der Waals surface area contributed by atoms with Crippen LogP contribution in [-0.2, 0) is 0 Å². The summed E-state index contributed by atoms with van der Waals surface area (Å²) in [5.41, 5.74) is 3.41. The SMILES string of the molecule is N#Cc1ccc(OC2CCC3=C2C=CCC3)c(Cl)c1. The molecular formula is C16H14ClNO. The van der Waals surface area contributed by atoms with Gasteiger partial charge in [0.1, 0.15) is 11.9 Å². The Hall–Kier alpha value is -1.72. The fourth-order valence-corrected chi connectivity index (χ4v) is 2.96. The van der Waals surface area contributed by atoms with Gasteiger partial charge in [0.25, 0.3) is 0 Å². The number of benzene rings is 1. The fourth-order valence-electron chi connectivity index (χ4n) is 2.74. The second-order valence-electron chi connectivity index (χ2n) is 4.90. The summed E-state index contributed by atoms with van der Waals surface area (Å²) in [5.74, 6) is 0.665. The van der Waals surface area contributed by atoms with Crippen molar-refractivity contribution >= 4 is 11.6 Å². The summed E-state index contributed by atoms with van der Waals surface area (Å²) >= 11 is 6.15. The second-order valence-corrected chi connectivity index (χ2v) is 5.31. The summed E-state index contributed by atoms with van der Waals surface area (Å²) in [7, 11) is 0. The van der Waals surface area contributed by atoms with Crippen molar-refractivity contribution in [1.82, 2.24) is 0 Å². The normalized spacial score (nSPS) is 21.2. The van der Waals surface area contributed by atoms with Crippen LogP contribution in [0.15, 0.2) is 41.5 Å². The van der Waals surface area contributed by atoms with Crippen LogP contribution in [0.5, 0.6) is 5.75 Å². The maximum absolute atomic E-state index is 8.83. The number of nitrogens with zero attached hydrogens (tertiary/aromatic N) is 1. The molecule has 0 fully saturated rings. The van der Waals surface area contributed by atoms with Crippen LogP contribution in [0.25, 0.3) is 0 Å². The maximum Gasteiger partial charge on any atom is 0.138 e. The molecule has 0 bridgehead atoms. The molecule has 2 nitrogen and oxygen atoms in total. The highest BCUT2D eigenvalue weighted by atomic mass is 35.5. The molecule has 0 saturated heterocycles. The Balaban J connectivity index is 1.81. The molecule has 0 radical (unpaired) electrons. The van der Waals surface area contributed by atoms with Gasteiger partial charge >= 0.3 is 0 Å². The van der Waals surface area contributed by atoms with E-state index in [1.165, 1.54) is 11.1 Å². The average Bonchev–Trinajstić information content (AvgIpc) is 2.84. The zero-order valence-electron chi connectivity index (χ0n) is 10.5. The van der Waals surface area contributed by atoms with Crippen LogP contribution in [0, 0.1) is 11.3 Å². The van der Waals surface area contributed by atoms with Crippen LogP contribution in [-0.4, -0.2) is 6.10 Å². The van der Waals surface area contributed by atoms with Gasteiger partial charge in [0.15, 0.2) is 0 Å². The summed E-state index contributed by atoms with van der Waals surface area (Å²) in [6.45, 7) is 0. The Labute approximate surface area is 117 Å². The van der Waals surface area contributed by atoms with Crippen molar-refractivity contribution in [3.8, 4) is 11.8 Å². The molecule has 3 rings (SSSR count). The Morgan fingerprint density at radius 3 is 3.00 bits per heavy atom. The molecule has 96 valence electrons. The smallest absolute Gasteiger partial charge is 0.138 e. The van der Waals surface area contributed by atoms with Gasteiger partial charge in [0.05, 0.1) is 16.7 Å². The molecule has 2 aliphatic rings. The number of rotatable bonds is 2. The molecular weight excluding hydrogens is 258 g/mol. The van der Waals surface area contributed by atoms with Crippen molar-refractivity contribution in [2.45, 2.75) is 31.8 Å².